The molecule has 0 aliphatic rings. The summed E-state index contributed by atoms with van der Waals surface area (Å²) >= 11 is 10.5. The predicted molar refractivity (Wildman–Crippen MR) is 101 cm³/mol. The third kappa shape index (κ3) is 3.65. The van der Waals surface area contributed by atoms with Gasteiger partial charge in [0.15, 0.2) is 0 Å². The molecular weight excluding hydrogens is 499 g/mol. The zero-order valence-corrected chi connectivity index (χ0v) is 16.0. The van der Waals surface area contributed by atoms with Crippen LogP contribution in [0.5, 0.6) is 0 Å². The van der Waals surface area contributed by atoms with Crippen LogP contribution in [0.4, 0.5) is 5.69 Å². The molecule has 1 N–H and O–H groups in total. The van der Waals surface area contributed by atoms with Gasteiger partial charge in [-0.1, -0.05) is 11.6 Å². The number of amides is 1. The quantitative estimate of drug-likeness (QED) is 0.537. The maximum atomic E-state index is 12.3. The summed E-state index contributed by atoms with van der Waals surface area (Å²) in [5.74, 6) is -0.187. The van der Waals surface area contributed by atoms with Gasteiger partial charge in [-0.15, -0.1) is 0 Å². The zero-order chi connectivity index (χ0) is 14.9. The van der Waals surface area contributed by atoms with Crippen molar-refractivity contribution in [3.8, 4) is 0 Å². The van der Waals surface area contributed by atoms with E-state index in [4.69, 9.17) is 11.6 Å². The summed E-state index contributed by atoms with van der Waals surface area (Å²) in [4.78, 5) is 12.3. The van der Waals surface area contributed by atoms with E-state index in [2.05, 4.69) is 50.5 Å². The first-order valence-electron chi connectivity index (χ1n) is 5.91. The number of aryl methyl sites for hydroxylation is 2. The van der Waals surface area contributed by atoms with Crippen molar-refractivity contribution in [2.75, 3.05) is 5.32 Å². The Kier molecular flexibility index (Phi) is 5.30. The number of hydrogen-bond acceptors (Lipinski definition) is 1. The summed E-state index contributed by atoms with van der Waals surface area (Å²) < 4.78 is 2.19. The lowest BCUT2D eigenvalue weighted by atomic mass is 10.1. The van der Waals surface area contributed by atoms with Gasteiger partial charge in [0, 0.05) is 12.8 Å². The largest absolute Gasteiger partial charge is 0.322 e. The van der Waals surface area contributed by atoms with Crippen LogP contribution < -0.4 is 5.32 Å². The standard InChI is InChI=1S/C15H12ClI2NO/c1-8-5-11(6-9(2)14(8)18)19-15(20)12-7-10(17)3-4-13(12)16/h3-7H,1-2H3,(H,19,20). The van der Waals surface area contributed by atoms with Crippen molar-refractivity contribution in [2.45, 2.75) is 13.8 Å². The number of halogens is 3. The smallest absolute Gasteiger partial charge is 0.257 e. The SMILES string of the molecule is Cc1cc(NC(=O)c2cc(I)ccc2Cl)cc(C)c1I. The number of anilines is 1. The summed E-state index contributed by atoms with van der Waals surface area (Å²) in [6, 6.07) is 9.33. The Labute approximate surface area is 150 Å². The van der Waals surface area contributed by atoms with Crippen molar-refractivity contribution in [1.29, 1.82) is 0 Å². The summed E-state index contributed by atoms with van der Waals surface area (Å²) in [6.45, 7) is 4.06. The average molecular weight is 512 g/mol. The van der Waals surface area contributed by atoms with Gasteiger partial charge in [-0.25, -0.2) is 0 Å². The maximum Gasteiger partial charge on any atom is 0.257 e. The van der Waals surface area contributed by atoms with Gasteiger partial charge in [-0.05, 0) is 100 Å². The highest BCUT2D eigenvalue weighted by Gasteiger charge is 2.12. The third-order valence-corrected chi connectivity index (χ3v) is 5.57. The normalized spacial score (nSPS) is 10.4. The summed E-state index contributed by atoms with van der Waals surface area (Å²) in [5, 5.41) is 3.37. The lowest BCUT2D eigenvalue weighted by Gasteiger charge is -2.10. The molecule has 104 valence electrons. The third-order valence-electron chi connectivity index (χ3n) is 2.87. The topological polar surface area (TPSA) is 29.1 Å². The molecule has 0 aliphatic heterocycles. The van der Waals surface area contributed by atoms with Gasteiger partial charge in [0.2, 0.25) is 0 Å². The van der Waals surface area contributed by atoms with E-state index in [1.54, 1.807) is 12.1 Å². The monoisotopic (exact) mass is 511 g/mol. The van der Waals surface area contributed by atoms with Crippen molar-refractivity contribution in [3.63, 3.8) is 0 Å². The zero-order valence-electron chi connectivity index (χ0n) is 10.9. The Morgan fingerprint density at radius 1 is 1.10 bits per heavy atom. The van der Waals surface area contributed by atoms with E-state index in [0.717, 1.165) is 20.4 Å². The average Bonchev–Trinajstić information content (AvgIpc) is 2.38. The number of carbonyl (C=O) groups excluding carboxylic acids is 1. The van der Waals surface area contributed by atoms with Crippen LogP contribution in [0, 0.1) is 21.0 Å². The highest BCUT2D eigenvalue weighted by atomic mass is 127. The molecule has 2 aromatic rings. The van der Waals surface area contributed by atoms with E-state index in [0.29, 0.717) is 10.6 Å². The molecule has 0 fully saturated rings. The Balaban J connectivity index is 2.30. The number of rotatable bonds is 2. The first-order valence-corrected chi connectivity index (χ1v) is 8.45. The van der Waals surface area contributed by atoms with Crippen molar-refractivity contribution in [3.05, 3.63) is 59.2 Å². The second-order valence-corrected chi connectivity index (χ2v) is 7.23. The Hall–Kier alpha value is -0.340. The van der Waals surface area contributed by atoms with Gasteiger partial charge < -0.3 is 5.32 Å². The molecule has 1 amide bonds. The van der Waals surface area contributed by atoms with E-state index in [-0.39, 0.29) is 5.91 Å². The fourth-order valence-corrected chi connectivity index (χ4v) is 2.89. The maximum absolute atomic E-state index is 12.3. The van der Waals surface area contributed by atoms with Crippen LogP contribution in [-0.4, -0.2) is 5.91 Å². The van der Waals surface area contributed by atoms with E-state index >= 15 is 0 Å². The van der Waals surface area contributed by atoms with Crippen LogP contribution in [0.25, 0.3) is 0 Å². The van der Waals surface area contributed by atoms with E-state index in [9.17, 15) is 4.79 Å². The highest BCUT2D eigenvalue weighted by Crippen LogP contribution is 2.24. The van der Waals surface area contributed by atoms with Gasteiger partial charge in [0.25, 0.3) is 5.91 Å². The molecule has 0 atom stereocenters. The first kappa shape index (κ1) is 16.0. The number of hydrogen-bond donors (Lipinski definition) is 1. The molecule has 2 rings (SSSR count). The van der Waals surface area contributed by atoms with Crippen LogP contribution in [0.3, 0.4) is 0 Å². The van der Waals surface area contributed by atoms with Gasteiger partial charge in [-0.2, -0.15) is 0 Å². The molecule has 0 saturated carbocycles. The molecule has 0 bridgehead atoms. The van der Waals surface area contributed by atoms with Crippen LogP contribution in [0.15, 0.2) is 30.3 Å². The molecule has 0 radical (unpaired) electrons. The lowest BCUT2D eigenvalue weighted by molar-refractivity contribution is 0.102. The molecule has 0 saturated heterocycles. The van der Waals surface area contributed by atoms with Crippen LogP contribution >= 0.6 is 56.8 Å². The number of nitrogens with one attached hydrogen (secondary N) is 1. The predicted octanol–water partition coefficient (Wildman–Crippen LogP) is 5.42. The molecule has 0 spiro atoms. The lowest BCUT2D eigenvalue weighted by Crippen LogP contribution is -2.13. The van der Waals surface area contributed by atoms with Gasteiger partial charge in [0.1, 0.15) is 0 Å². The number of carbonyl (C=O) groups is 1. The molecule has 2 aromatic carbocycles. The van der Waals surface area contributed by atoms with Gasteiger partial charge in [0.05, 0.1) is 10.6 Å². The van der Waals surface area contributed by atoms with Gasteiger partial charge >= 0.3 is 0 Å². The molecule has 20 heavy (non-hydrogen) atoms. The minimum Gasteiger partial charge on any atom is -0.322 e. The molecule has 0 aliphatic carbocycles. The van der Waals surface area contributed by atoms with Crippen LogP contribution in [-0.2, 0) is 0 Å². The molecular formula is C15H12ClI2NO. The van der Waals surface area contributed by atoms with E-state index in [1.165, 1.54) is 3.57 Å². The van der Waals surface area contributed by atoms with Crippen molar-refractivity contribution in [2.24, 2.45) is 0 Å². The van der Waals surface area contributed by atoms with Crippen molar-refractivity contribution in [1.82, 2.24) is 0 Å². The fraction of sp³-hybridized carbons (Fsp3) is 0.133. The van der Waals surface area contributed by atoms with E-state index in [1.807, 2.05) is 32.0 Å². The second kappa shape index (κ2) is 6.62. The summed E-state index contributed by atoms with van der Waals surface area (Å²) in [5.41, 5.74) is 3.58. The Morgan fingerprint density at radius 3 is 2.30 bits per heavy atom. The second-order valence-electron chi connectivity index (χ2n) is 4.50. The molecule has 0 aromatic heterocycles. The van der Waals surface area contributed by atoms with Gasteiger partial charge in [-0.3, -0.25) is 4.79 Å². The van der Waals surface area contributed by atoms with Crippen molar-refractivity contribution < 1.29 is 4.79 Å². The highest BCUT2D eigenvalue weighted by molar-refractivity contribution is 14.1. The minimum atomic E-state index is -0.187. The Bertz CT molecular complexity index is 663. The fourth-order valence-electron chi connectivity index (χ4n) is 1.89. The first-order chi connectivity index (χ1) is 9.38. The molecule has 5 heteroatoms. The van der Waals surface area contributed by atoms with Crippen LogP contribution in [0.2, 0.25) is 5.02 Å². The Morgan fingerprint density at radius 2 is 1.70 bits per heavy atom. The molecule has 2 nitrogen and oxygen atoms in total. The molecule has 0 heterocycles. The van der Waals surface area contributed by atoms with Crippen LogP contribution in [0.1, 0.15) is 21.5 Å². The number of benzene rings is 2. The summed E-state index contributed by atoms with van der Waals surface area (Å²) in [7, 11) is 0. The molecule has 0 unspecified atom stereocenters. The van der Waals surface area contributed by atoms with Crippen molar-refractivity contribution >= 4 is 68.4 Å². The van der Waals surface area contributed by atoms with E-state index < -0.39 is 0 Å². The summed E-state index contributed by atoms with van der Waals surface area (Å²) in [6.07, 6.45) is 0. The minimum absolute atomic E-state index is 0.187.